The summed E-state index contributed by atoms with van der Waals surface area (Å²) in [7, 11) is 0. The number of aromatic nitrogens is 1. The van der Waals surface area contributed by atoms with Gasteiger partial charge >= 0.3 is 0 Å². The average molecular weight is 839 g/mol. The monoisotopic (exact) mass is 838 g/mol. The van der Waals surface area contributed by atoms with Gasteiger partial charge in [0, 0.05) is 33.5 Å². The van der Waals surface area contributed by atoms with Gasteiger partial charge < -0.3 is 9.47 Å². The van der Waals surface area contributed by atoms with Crippen molar-refractivity contribution in [2.24, 2.45) is 0 Å². The molecule has 13 rings (SSSR count). The minimum Gasteiger partial charge on any atom is -0.311 e. The predicted octanol–water partition coefficient (Wildman–Crippen LogP) is 17.8. The molecule has 2 nitrogen and oxygen atoms in total. The number of hydrogen-bond acceptors (Lipinski definition) is 1. The molecule has 0 amide bonds. The van der Waals surface area contributed by atoms with Crippen LogP contribution in [0, 0.1) is 0 Å². The highest BCUT2D eigenvalue weighted by molar-refractivity contribution is 6.33. The molecule has 66 heavy (non-hydrogen) atoms. The third kappa shape index (κ3) is 6.34. The molecule has 0 N–H and O–H groups in total. The van der Waals surface area contributed by atoms with Gasteiger partial charge in [-0.1, -0.05) is 188 Å². The first-order valence-electron chi connectivity index (χ1n) is 22.7. The van der Waals surface area contributed by atoms with Gasteiger partial charge in [-0.3, -0.25) is 0 Å². The van der Waals surface area contributed by atoms with Crippen LogP contribution in [0.25, 0.3) is 104 Å². The molecular weight excluding hydrogens is 797 g/mol. The SMILES string of the molecule is c1ccc(-c2ccc(N(c3ccc(-c4ccccc4)cc3)c3ccc(-c4ccc(-c5ccc6c(c5)c5c7ccc8cccc9ccc(cc5n6-c5ccccc5)c7c98)cc4)cc3)cc2)cc1. The van der Waals surface area contributed by atoms with Crippen LogP contribution in [0.4, 0.5) is 17.1 Å². The van der Waals surface area contributed by atoms with Crippen molar-refractivity contribution in [1.29, 1.82) is 0 Å². The van der Waals surface area contributed by atoms with E-state index in [-0.39, 0.29) is 0 Å². The molecule has 0 bridgehead atoms. The lowest BCUT2D eigenvalue weighted by Crippen LogP contribution is -2.09. The van der Waals surface area contributed by atoms with Gasteiger partial charge in [-0.2, -0.15) is 0 Å². The van der Waals surface area contributed by atoms with E-state index in [1.165, 1.54) is 104 Å². The van der Waals surface area contributed by atoms with Crippen molar-refractivity contribution in [1.82, 2.24) is 4.57 Å². The minimum absolute atomic E-state index is 1.10. The second-order valence-corrected chi connectivity index (χ2v) is 17.3. The van der Waals surface area contributed by atoms with Gasteiger partial charge in [-0.05, 0) is 144 Å². The van der Waals surface area contributed by atoms with Gasteiger partial charge in [0.15, 0.2) is 0 Å². The maximum atomic E-state index is 2.44. The van der Waals surface area contributed by atoms with Crippen LogP contribution in [0.1, 0.15) is 0 Å². The summed E-state index contributed by atoms with van der Waals surface area (Å²) in [5.74, 6) is 0. The molecular formula is C64H42N2. The molecule has 0 spiro atoms. The van der Waals surface area contributed by atoms with Gasteiger partial charge in [-0.15, -0.1) is 0 Å². The number of fused-ring (bicyclic) bond motifs is 4. The van der Waals surface area contributed by atoms with E-state index in [2.05, 4.69) is 264 Å². The molecule has 0 fully saturated rings. The molecule has 1 aromatic heterocycles. The Hall–Kier alpha value is -8.72. The summed E-state index contributed by atoms with van der Waals surface area (Å²) in [6, 6.07) is 93.0. The standard InChI is InChI=1S/C64H42N2/c1-4-11-43(12-5-1)46-25-33-55(34-26-46)65(56-35-27-47(28-36-56)44-13-6-2-7-14-44)57-37-29-48(30-38-57)45-19-21-49(22-20-45)52-32-40-60-59(41-52)64-58-39-31-51-16-10-15-50-23-24-53(63(58)62(50)51)42-61(64)66(60)54-17-8-3-9-18-54/h1-42H. The Morgan fingerprint density at radius 3 is 1.20 bits per heavy atom. The van der Waals surface area contributed by atoms with E-state index in [1.54, 1.807) is 0 Å². The summed E-state index contributed by atoms with van der Waals surface area (Å²) in [6.45, 7) is 0. The lowest BCUT2D eigenvalue weighted by molar-refractivity contribution is 1.18. The lowest BCUT2D eigenvalue weighted by Gasteiger charge is -2.26. The van der Waals surface area contributed by atoms with Crippen LogP contribution in [-0.2, 0) is 0 Å². The third-order valence-electron chi connectivity index (χ3n) is 13.5. The first kappa shape index (κ1) is 37.8. The number of para-hydroxylation sites is 1. The minimum atomic E-state index is 1.10. The van der Waals surface area contributed by atoms with E-state index < -0.39 is 0 Å². The summed E-state index contributed by atoms with van der Waals surface area (Å²) in [5.41, 5.74) is 16.5. The van der Waals surface area contributed by atoms with Crippen LogP contribution >= 0.6 is 0 Å². The molecule has 0 atom stereocenters. The van der Waals surface area contributed by atoms with E-state index >= 15 is 0 Å². The zero-order chi connectivity index (χ0) is 43.6. The van der Waals surface area contributed by atoms with Gasteiger partial charge in [0.2, 0.25) is 0 Å². The second kappa shape index (κ2) is 15.5. The van der Waals surface area contributed by atoms with Gasteiger partial charge in [0.1, 0.15) is 0 Å². The maximum absolute atomic E-state index is 2.44. The molecule has 13 aromatic rings. The summed E-state index contributed by atoms with van der Waals surface area (Å²) in [5, 5.41) is 10.4. The zero-order valence-corrected chi connectivity index (χ0v) is 36.1. The first-order chi connectivity index (χ1) is 32.7. The lowest BCUT2D eigenvalue weighted by atomic mass is 9.91. The van der Waals surface area contributed by atoms with Crippen LogP contribution in [0.5, 0.6) is 0 Å². The number of benzene rings is 12. The molecule has 0 aliphatic heterocycles. The van der Waals surface area contributed by atoms with Crippen molar-refractivity contribution in [3.8, 4) is 50.2 Å². The van der Waals surface area contributed by atoms with Crippen LogP contribution in [0.15, 0.2) is 255 Å². The average Bonchev–Trinajstić information content (AvgIpc) is 3.73. The Morgan fingerprint density at radius 1 is 0.242 bits per heavy atom. The molecule has 308 valence electrons. The van der Waals surface area contributed by atoms with Gasteiger partial charge in [0.25, 0.3) is 0 Å². The van der Waals surface area contributed by atoms with Gasteiger partial charge in [0.05, 0.1) is 11.0 Å². The summed E-state index contributed by atoms with van der Waals surface area (Å²) >= 11 is 0. The highest BCUT2D eigenvalue weighted by Crippen LogP contribution is 2.44. The van der Waals surface area contributed by atoms with Crippen molar-refractivity contribution in [2.75, 3.05) is 4.90 Å². The number of nitrogens with zero attached hydrogens (tertiary/aromatic N) is 2. The Bertz CT molecular complexity index is 3760. The Kier molecular flexibility index (Phi) is 8.89. The number of rotatable bonds is 8. The molecule has 12 aromatic carbocycles. The third-order valence-corrected chi connectivity index (χ3v) is 13.5. The Labute approximate surface area is 383 Å². The molecule has 0 aliphatic carbocycles. The van der Waals surface area contributed by atoms with Crippen molar-refractivity contribution in [2.45, 2.75) is 0 Å². The van der Waals surface area contributed by atoms with Crippen LogP contribution < -0.4 is 4.90 Å². The fourth-order valence-corrected chi connectivity index (χ4v) is 10.3. The summed E-state index contributed by atoms with van der Waals surface area (Å²) in [4.78, 5) is 2.34. The highest BCUT2D eigenvalue weighted by atomic mass is 15.1. The quantitative estimate of drug-likeness (QED) is 0.138. The molecule has 0 aliphatic rings. The fourth-order valence-electron chi connectivity index (χ4n) is 10.3. The number of anilines is 3. The molecule has 1 heterocycles. The van der Waals surface area contributed by atoms with E-state index in [0.29, 0.717) is 0 Å². The molecule has 2 heteroatoms. The normalized spacial score (nSPS) is 11.6. The molecule has 0 saturated heterocycles. The largest absolute Gasteiger partial charge is 0.311 e. The van der Waals surface area contributed by atoms with Crippen molar-refractivity contribution < 1.29 is 0 Å². The van der Waals surface area contributed by atoms with E-state index in [0.717, 1.165) is 17.1 Å². The van der Waals surface area contributed by atoms with E-state index in [9.17, 15) is 0 Å². The van der Waals surface area contributed by atoms with Gasteiger partial charge in [-0.25, -0.2) is 0 Å². The van der Waals surface area contributed by atoms with Crippen molar-refractivity contribution in [3.05, 3.63) is 255 Å². The van der Waals surface area contributed by atoms with E-state index in [1.807, 2.05) is 0 Å². The maximum Gasteiger partial charge on any atom is 0.0553 e. The molecule has 0 saturated carbocycles. The van der Waals surface area contributed by atoms with Crippen molar-refractivity contribution >= 4 is 71.2 Å². The fraction of sp³-hybridized carbons (Fsp3) is 0. The molecule has 0 unspecified atom stereocenters. The highest BCUT2D eigenvalue weighted by Gasteiger charge is 2.20. The second-order valence-electron chi connectivity index (χ2n) is 17.3. The smallest absolute Gasteiger partial charge is 0.0553 e. The van der Waals surface area contributed by atoms with Crippen LogP contribution in [0.2, 0.25) is 0 Å². The van der Waals surface area contributed by atoms with Crippen LogP contribution in [-0.4, -0.2) is 4.57 Å². The topological polar surface area (TPSA) is 8.17 Å². The summed E-state index contributed by atoms with van der Waals surface area (Å²) < 4.78 is 2.44. The predicted molar refractivity (Wildman–Crippen MR) is 281 cm³/mol. The Balaban J connectivity index is 0.863. The summed E-state index contributed by atoms with van der Waals surface area (Å²) in [6.07, 6.45) is 0. The van der Waals surface area contributed by atoms with E-state index in [4.69, 9.17) is 0 Å². The Morgan fingerprint density at radius 2 is 0.667 bits per heavy atom. The van der Waals surface area contributed by atoms with Crippen molar-refractivity contribution in [3.63, 3.8) is 0 Å². The zero-order valence-electron chi connectivity index (χ0n) is 36.1. The molecule has 0 radical (unpaired) electrons. The van der Waals surface area contributed by atoms with Crippen LogP contribution in [0.3, 0.4) is 0 Å². The number of hydrogen-bond donors (Lipinski definition) is 0. The first-order valence-corrected chi connectivity index (χ1v) is 22.7.